The lowest BCUT2D eigenvalue weighted by Crippen LogP contribution is -2.50. The van der Waals surface area contributed by atoms with Crippen LogP contribution in [0.25, 0.3) is 0 Å². The highest BCUT2D eigenvalue weighted by atomic mass is 28.3. The molecule has 1 aliphatic carbocycles. The van der Waals surface area contributed by atoms with Crippen LogP contribution in [0.4, 0.5) is 0 Å². The maximum Gasteiger partial charge on any atom is 0.115 e. The van der Waals surface area contributed by atoms with Gasteiger partial charge in [0, 0.05) is 0 Å². The lowest BCUT2D eigenvalue weighted by molar-refractivity contribution is 0.795. The largest absolute Gasteiger partial charge is 0.115 e. The SMILES string of the molecule is CCCCC1=CCC=C1[Si](C)(CCCC)c1c(C)cc(C)cc1C. The fourth-order valence-corrected chi connectivity index (χ4v) is 9.96. The summed E-state index contributed by atoms with van der Waals surface area (Å²) in [6.45, 7) is 14.2. The summed E-state index contributed by atoms with van der Waals surface area (Å²) >= 11 is 0. The van der Waals surface area contributed by atoms with Gasteiger partial charge < -0.3 is 0 Å². The highest BCUT2D eigenvalue weighted by molar-refractivity contribution is 6.98. The molecule has 1 heteroatoms. The maximum absolute atomic E-state index is 2.64. The van der Waals surface area contributed by atoms with Crippen molar-refractivity contribution >= 4 is 13.3 Å². The third kappa shape index (κ3) is 3.94. The molecular weight excluding hydrogens is 304 g/mol. The van der Waals surface area contributed by atoms with Gasteiger partial charge in [0.15, 0.2) is 0 Å². The van der Waals surface area contributed by atoms with Crippen LogP contribution in [0.15, 0.2) is 35.1 Å². The Kier molecular flexibility index (Phi) is 6.68. The first-order valence-electron chi connectivity index (χ1n) is 9.92. The van der Waals surface area contributed by atoms with Crippen LogP contribution in [0.3, 0.4) is 0 Å². The monoisotopic (exact) mass is 340 g/mol. The van der Waals surface area contributed by atoms with Gasteiger partial charge in [-0.05, 0) is 51.3 Å². The van der Waals surface area contributed by atoms with Crippen molar-refractivity contribution in [1.29, 1.82) is 0 Å². The molecule has 0 saturated carbocycles. The number of rotatable bonds is 8. The molecule has 24 heavy (non-hydrogen) atoms. The topological polar surface area (TPSA) is 0 Å². The van der Waals surface area contributed by atoms with E-state index in [1.807, 2.05) is 0 Å². The molecule has 0 radical (unpaired) electrons. The van der Waals surface area contributed by atoms with Crippen LogP contribution in [-0.2, 0) is 0 Å². The molecular formula is C23H36Si. The summed E-state index contributed by atoms with van der Waals surface area (Å²) in [7, 11) is -1.65. The molecule has 0 aliphatic heterocycles. The summed E-state index contributed by atoms with van der Waals surface area (Å²) in [5, 5.41) is 3.48. The van der Waals surface area contributed by atoms with Gasteiger partial charge in [0.1, 0.15) is 8.07 Å². The number of hydrogen-bond donors (Lipinski definition) is 0. The molecule has 0 bridgehead atoms. The van der Waals surface area contributed by atoms with Gasteiger partial charge in [0.2, 0.25) is 0 Å². The van der Waals surface area contributed by atoms with E-state index in [9.17, 15) is 0 Å². The summed E-state index contributed by atoms with van der Waals surface area (Å²) in [6.07, 6.45) is 12.8. The lowest BCUT2D eigenvalue weighted by atomic mass is 10.1. The number of unbranched alkanes of at least 4 members (excludes halogenated alkanes) is 2. The van der Waals surface area contributed by atoms with E-state index in [1.165, 1.54) is 54.8 Å². The minimum atomic E-state index is -1.65. The van der Waals surface area contributed by atoms with Crippen LogP contribution in [0.1, 0.15) is 69.1 Å². The van der Waals surface area contributed by atoms with Gasteiger partial charge in [0.25, 0.3) is 0 Å². The van der Waals surface area contributed by atoms with Crippen LogP contribution in [0.5, 0.6) is 0 Å². The molecule has 0 amide bonds. The fraction of sp³-hybridized carbons (Fsp3) is 0.565. The Hall–Kier alpha value is -1.08. The van der Waals surface area contributed by atoms with Crippen molar-refractivity contribution in [3.05, 3.63) is 51.7 Å². The van der Waals surface area contributed by atoms with Crippen molar-refractivity contribution in [3.8, 4) is 0 Å². The minimum Gasteiger partial charge on any atom is -0.0808 e. The quantitative estimate of drug-likeness (QED) is 0.463. The van der Waals surface area contributed by atoms with Crippen molar-refractivity contribution < 1.29 is 0 Å². The van der Waals surface area contributed by atoms with Crippen molar-refractivity contribution in [2.24, 2.45) is 0 Å². The molecule has 1 aromatic carbocycles. The Morgan fingerprint density at radius 3 is 2.12 bits per heavy atom. The van der Waals surface area contributed by atoms with Crippen molar-refractivity contribution in [3.63, 3.8) is 0 Å². The fourth-order valence-electron chi connectivity index (χ4n) is 4.72. The number of hydrogen-bond acceptors (Lipinski definition) is 0. The van der Waals surface area contributed by atoms with Crippen molar-refractivity contribution in [2.75, 3.05) is 0 Å². The number of aryl methyl sites for hydroxylation is 3. The van der Waals surface area contributed by atoms with Crippen LogP contribution in [0.2, 0.25) is 12.6 Å². The third-order valence-electron chi connectivity index (χ3n) is 5.69. The first-order valence-corrected chi connectivity index (χ1v) is 12.6. The standard InChI is InChI=1S/C23H36Si/c1-7-9-12-21-13-11-14-22(21)24(6,15-10-8-2)23-19(4)16-18(3)17-20(23)5/h13-14,16-17H,7-12,15H2,1-6H3. The van der Waals surface area contributed by atoms with E-state index in [1.54, 1.807) is 16.0 Å². The molecule has 0 heterocycles. The number of allylic oxidation sites excluding steroid dienone is 4. The zero-order chi connectivity index (χ0) is 17.7. The molecule has 132 valence electrons. The molecule has 1 aromatic rings. The van der Waals surface area contributed by atoms with Gasteiger partial charge in [-0.2, -0.15) is 0 Å². The molecule has 0 spiro atoms. The zero-order valence-electron chi connectivity index (χ0n) is 16.8. The van der Waals surface area contributed by atoms with Gasteiger partial charge in [-0.3, -0.25) is 0 Å². The molecule has 0 nitrogen and oxygen atoms in total. The second-order valence-corrected chi connectivity index (χ2v) is 12.1. The van der Waals surface area contributed by atoms with Crippen molar-refractivity contribution in [2.45, 2.75) is 85.7 Å². The molecule has 1 aliphatic rings. The van der Waals surface area contributed by atoms with Gasteiger partial charge in [0.05, 0.1) is 0 Å². The van der Waals surface area contributed by atoms with Gasteiger partial charge >= 0.3 is 0 Å². The molecule has 1 unspecified atom stereocenters. The van der Waals surface area contributed by atoms with E-state index in [0.29, 0.717) is 0 Å². The smallest absolute Gasteiger partial charge is 0.0808 e. The van der Waals surface area contributed by atoms with E-state index in [-0.39, 0.29) is 0 Å². The first-order chi connectivity index (χ1) is 11.4. The molecule has 0 saturated heterocycles. The summed E-state index contributed by atoms with van der Waals surface area (Å²) < 4.78 is 0. The van der Waals surface area contributed by atoms with Gasteiger partial charge in [-0.15, -0.1) is 0 Å². The van der Waals surface area contributed by atoms with Crippen LogP contribution < -0.4 is 5.19 Å². The average molecular weight is 341 g/mol. The van der Waals surface area contributed by atoms with Crippen LogP contribution in [-0.4, -0.2) is 8.07 Å². The van der Waals surface area contributed by atoms with Gasteiger partial charge in [-0.1, -0.05) is 91.4 Å². The Labute approximate surface area is 151 Å². The Morgan fingerprint density at radius 1 is 0.917 bits per heavy atom. The summed E-state index contributed by atoms with van der Waals surface area (Å²) in [4.78, 5) is 0. The van der Waals surface area contributed by atoms with E-state index in [2.05, 4.69) is 65.5 Å². The zero-order valence-corrected chi connectivity index (χ0v) is 17.8. The molecule has 0 aromatic heterocycles. The predicted molar refractivity (Wildman–Crippen MR) is 112 cm³/mol. The third-order valence-corrected chi connectivity index (χ3v) is 10.6. The molecule has 0 fully saturated rings. The normalized spacial score (nSPS) is 16.8. The van der Waals surface area contributed by atoms with E-state index >= 15 is 0 Å². The second kappa shape index (κ2) is 8.34. The molecule has 0 N–H and O–H groups in total. The maximum atomic E-state index is 2.64. The van der Waals surface area contributed by atoms with E-state index in [0.717, 1.165) is 6.42 Å². The highest BCUT2D eigenvalue weighted by Crippen LogP contribution is 2.36. The Morgan fingerprint density at radius 2 is 1.54 bits per heavy atom. The average Bonchev–Trinajstić information content (AvgIpc) is 2.99. The lowest BCUT2D eigenvalue weighted by Gasteiger charge is -2.35. The summed E-state index contributed by atoms with van der Waals surface area (Å²) in [6, 6.07) is 6.21. The highest BCUT2D eigenvalue weighted by Gasteiger charge is 2.37. The molecule has 1 atom stereocenters. The Bertz CT molecular complexity index is 612. The number of benzene rings is 1. The van der Waals surface area contributed by atoms with Crippen molar-refractivity contribution in [1.82, 2.24) is 0 Å². The van der Waals surface area contributed by atoms with Crippen LogP contribution >= 0.6 is 0 Å². The predicted octanol–water partition coefficient (Wildman–Crippen LogP) is 6.68. The summed E-state index contributed by atoms with van der Waals surface area (Å²) in [5.74, 6) is 0. The van der Waals surface area contributed by atoms with E-state index < -0.39 is 8.07 Å². The molecule has 2 rings (SSSR count). The van der Waals surface area contributed by atoms with Crippen LogP contribution in [0, 0.1) is 20.8 Å². The minimum absolute atomic E-state index is 1.16. The first kappa shape index (κ1) is 19.2. The Balaban J connectivity index is 2.50. The van der Waals surface area contributed by atoms with E-state index in [4.69, 9.17) is 0 Å². The second-order valence-electron chi connectivity index (χ2n) is 7.90. The summed E-state index contributed by atoms with van der Waals surface area (Å²) in [5.41, 5.74) is 6.14. The van der Waals surface area contributed by atoms with Gasteiger partial charge in [-0.25, -0.2) is 0 Å².